The van der Waals surface area contributed by atoms with Crippen molar-refractivity contribution in [3.8, 4) is 12.3 Å². The van der Waals surface area contributed by atoms with Crippen LogP contribution >= 0.6 is 0 Å². The van der Waals surface area contributed by atoms with Crippen LogP contribution in [-0.4, -0.2) is 23.3 Å². The van der Waals surface area contributed by atoms with E-state index in [-0.39, 0.29) is 17.8 Å². The number of terminal acetylenes is 1. The van der Waals surface area contributed by atoms with Gasteiger partial charge in [0.05, 0.1) is 11.5 Å². The van der Waals surface area contributed by atoms with E-state index in [1.54, 1.807) is 31.2 Å². The maximum absolute atomic E-state index is 12.0. The van der Waals surface area contributed by atoms with E-state index in [0.29, 0.717) is 16.8 Å². The second kappa shape index (κ2) is 7.75. The highest BCUT2D eigenvalue weighted by Gasteiger charge is 2.15. The number of nitrogens with zero attached hydrogens (tertiary/aromatic N) is 1. The predicted molar refractivity (Wildman–Crippen MR) is 93.2 cm³/mol. The molecule has 0 bridgehead atoms. The van der Waals surface area contributed by atoms with Gasteiger partial charge in [0.1, 0.15) is 0 Å². The van der Waals surface area contributed by atoms with Gasteiger partial charge in [0.15, 0.2) is 0 Å². The third-order valence-electron chi connectivity index (χ3n) is 3.39. The summed E-state index contributed by atoms with van der Waals surface area (Å²) < 4.78 is 0. The summed E-state index contributed by atoms with van der Waals surface area (Å²) >= 11 is 0. The molecule has 0 heterocycles. The van der Waals surface area contributed by atoms with Crippen LogP contribution in [-0.2, 0) is 4.79 Å². The highest BCUT2D eigenvalue weighted by molar-refractivity contribution is 5.99. The molecule has 0 aliphatic heterocycles. The summed E-state index contributed by atoms with van der Waals surface area (Å²) in [6, 6.07) is 10.9. The SMILES string of the molecule is C#Cc1cccc(NC(=O)CNC(=O)c2ccc(C)c([N+](=O)[O-])c2)c1. The van der Waals surface area contributed by atoms with Gasteiger partial charge in [-0.25, -0.2) is 0 Å². The van der Waals surface area contributed by atoms with Crippen molar-refractivity contribution in [2.24, 2.45) is 0 Å². The van der Waals surface area contributed by atoms with Gasteiger partial charge in [0.25, 0.3) is 11.6 Å². The van der Waals surface area contributed by atoms with Crippen molar-refractivity contribution >= 4 is 23.2 Å². The van der Waals surface area contributed by atoms with Crippen molar-refractivity contribution in [1.82, 2.24) is 5.32 Å². The van der Waals surface area contributed by atoms with Gasteiger partial charge in [0, 0.05) is 28.4 Å². The van der Waals surface area contributed by atoms with Crippen LogP contribution in [0.25, 0.3) is 0 Å². The molecule has 2 rings (SSSR count). The summed E-state index contributed by atoms with van der Waals surface area (Å²) in [5, 5.41) is 15.9. The number of anilines is 1. The van der Waals surface area contributed by atoms with Gasteiger partial charge in [-0.2, -0.15) is 0 Å². The second-order valence-corrected chi connectivity index (χ2v) is 5.21. The lowest BCUT2D eigenvalue weighted by Crippen LogP contribution is -2.32. The Bertz CT molecular complexity index is 884. The molecule has 0 aliphatic rings. The van der Waals surface area contributed by atoms with Gasteiger partial charge in [-0.1, -0.05) is 18.1 Å². The number of hydrogen-bond acceptors (Lipinski definition) is 4. The molecule has 0 unspecified atom stereocenters. The van der Waals surface area contributed by atoms with E-state index in [9.17, 15) is 19.7 Å². The van der Waals surface area contributed by atoms with Crippen LogP contribution in [0.15, 0.2) is 42.5 Å². The van der Waals surface area contributed by atoms with Crippen LogP contribution in [0.2, 0.25) is 0 Å². The normalized spacial score (nSPS) is 9.76. The number of nitro benzene ring substituents is 1. The minimum absolute atomic E-state index is 0.111. The number of nitrogens with one attached hydrogen (secondary N) is 2. The van der Waals surface area contributed by atoms with Crippen molar-refractivity contribution in [3.63, 3.8) is 0 Å². The largest absolute Gasteiger partial charge is 0.343 e. The Morgan fingerprint density at radius 2 is 2.00 bits per heavy atom. The molecule has 0 atom stereocenters. The maximum atomic E-state index is 12.0. The van der Waals surface area contributed by atoms with Crippen LogP contribution in [0, 0.1) is 29.4 Å². The lowest BCUT2D eigenvalue weighted by atomic mass is 10.1. The molecule has 2 aromatic carbocycles. The molecule has 0 spiro atoms. The molecule has 2 aromatic rings. The molecule has 7 heteroatoms. The standard InChI is InChI=1S/C18H15N3O4/c1-3-13-5-4-6-15(9-13)20-17(22)11-19-18(23)14-8-7-12(2)16(10-14)21(24)25/h1,4-10H,11H2,2H3,(H,19,23)(H,20,22). The average Bonchev–Trinajstić information content (AvgIpc) is 2.60. The highest BCUT2D eigenvalue weighted by Crippen LogP contribution is 2.19. The fourth-order valence-corrected chi connectivity index (χ4v) is 2.10. The van der Waals surface area contributed by atoms with E-state index >= 15 is 0 Å². The van der Waals surface area contributed by atoms with Gasteiger partial charge in [0.2, 0.25) is 5.91 Å². The molecule has 0 aliphatic carbocycles. The Morgan fingerprint density at radius 1 is 1.24 bits per heavy atom. The van der Waals surface area contributed by atoms with Crippen LogP contribution in [0.5, 0.6) is 0 Å². The van der Waals surface area contributed by atoms with Crippen molar-refractivity contribution < 1.29 is 14.5 Å². The van der Waals surface area contributed by atoms with E-state index in [2.05, 4.69) is 16.6 Å². The molecule has 0 saturated carbocycles. The first kappa shape index (κ1) is 17.7. The Morgan fingerprint density at radius 3 is 2.68 bits per heavy atom. The summed E-state index contributed by atoms with van der Waals surface area (Å²) in [5.74, 6) is 1.44. The second-order valence-electron chi connectivity index (χ2n) is 5.21. The van der Waals surface area contributed by atoms with Crippen molar-refractivity contribution in [2.75, 3.05) is 11.9 Å². The van der Waals surface area contributed by atoms with Gasteiger partial charge in [-0.15, -0.1) is 6.42 Å². The molecule has 2 N–H and O–H groups in total. The average molecular weight is 337 g/mol. The van der Waals surface area contributed by atoms with E-state index in [1.807, 2.05) is 0 Å². The molecule has 2 amide bonds. The highest BCUT2D eigenvalue weighted by atomic mass is 16.6. The number of amides is 2. The quantitative estimate of drug-likeness (QED) is 0.496. The monoisotopic (exact) mass is 337 g/mol. The first-order valence-corrected chi connectivity index (χ1v) is 7.30. The van der Waals surface area contributed by atoms with E-state index < -0.39 is 16.7 Å². The number of benzene rings is 2. The molecule has 7 nitrogen and oxygen atoms in total. The Hall–Kier alpha value is -3.66. The fraction of sp³-hybridized carbons (Fsp3) is 0.111. The van der Waals surface area contributed by atoms with Crippen molar-refractivity contribution in [3.05, 3.63) is 69.3 Å². The molecule has 126 valence electrons. The first-order chi connectivity index (χ1) is 11.9. The molecule has 0 aromatic heterocycles. The van der Waals surface area contributed by atoms with Gasteiger partial charge >= 0.3 is 0 Å². The third kappa shape index (κ3) is 4.65. The lowest BCUT2D eigenvalue weighted by Gasteiger charge is -2.08. The predicted octanol–water partition coefficient (Wildman–Crippen LogP) is 2.25. The Balaban J connectivity index is 1.97. The topological polar surface area (TPSA) is 101 Å². The minimum atomic E-state index is -0.573. The summed E-state index contributed by atoms with van der Waals surface area (Å²) in [5.41, 5.74) is 1.55. The summed E-state index contributed by atoms with van der Waals surface area (Å²) in [7, 11) is 0. The molecule has 0 fully saturated rings. The zero-order chi connectivity index (χ0) is 18.4. The maximum Gasteiger partial charge on any atom is 0.273 e. The number of hydrogen-bond donors (Lipinski definition) is 2. The number of aryl methyl sites for hydroxylation is 1. The number of carbonyl (C=O) groups excluding carboxylic acids is 2. The first-order valence-electron chi connectivity index (χ1n) is 7.30. The van der Waals surface area contributed by atoms with Gasteiger partial charge < -0.3 is 10.6 Å². The van der Waals surface area contributed by atoms with E-state index in [1.165, 1.54) is 18.2 Å². The van der Waals surface area contributed by atoms with Crippen LogP contribution in [0.4, 0.5) is 11.4 Å². The van der Waals surface area contributed by atoms with Crippen LogP contribution in [0.1, 0.15) is 21.5 Å². The molecular weight excluding hydrogens is 322 g/mol. The van der Waals surface area contributed by atoms with Crippen LogP contribution in [0.3, 0.4) is 0 Å². The van der Waals surface area contributed by atoms with Gasteiger partial charge in [-0.05, 0) is 31.2 Å². The number of carbonyl (C=O) groups is 2. The number of rotatable bonds is 5. The molecular formula is C18H15N3O4. The third-order valence-corrected chi connectivity index (χ3v) is 3.39. The summed E-state index contributed by atoms with van der Waals surface area (Å²) in [6.45, 7) is 1.30. The Kier molecular flexibility index (Phi) is 5.48. The molecule has 0 saturated heterocycles. The molecule has 25 heavy (non-hydrogen) atoms. The van der Waals surface area contributed by atoms with Gasteiger partial charge in [-0.3, -0.25) is 19.7 Å². The van der Waals surface area contributed by atoms with E-state index in [0.717, 1.165) is 0 Å². The fourth-order valence-electron chi connectivity index (χ4n) is 2.10. The van der Waals surface area contributed by atoms with Crippen molar-refractivity contribution in [1.29, 1.82) is 0 Å². The zero-order valence-corrected chi connectivity index (χ0v) is 13.4. The number of nitro groups is 1. The smallest absolute Gasteiger partial charge is 0.273 e. The lowest BCUT2D eigenvalue weighted by molar-refractivity contribution is -0.385. The Labute approximate surface area is 144 Å². The zero-order valence-electron chi connectivity index (χ0n) is 13.4. The van der Waals surface area contributed by atoms with E-state index in [4.69, 9.17) is 6.42 Å². The van der Waals surface area contributed by atoms with Crippen LogP contribution < -0.4 is 10.6 Å². The summed E-state index contributed by atoms with van der Waals surface area (Å²) in [6.07, 6.45) is 5.29. The molecule has 0 radical (unpaired) electrons. The minimum Gasteiger partial charge on any atom is -0.343 e. The summed E-state index contributed by atoms with van der Waals surface area (Å²) in [4.78, 5) is 34.3. The van der Waals surface area contributed by atoms with Crippen molar-refractivity contribution in [2.45, 2.75) is 6.92 Å².